The molecule has 1 aromatic heterocycles. The van der Waals surface area contributed by atoms with Gasteiger partial charge in [0.05, 0.1) is 11.9 Å². The Balaban J connectivity index is 1.59. The quantitative estimate of drug-likeness (QED) is 0.827. The van der Waals surface area contributed by atoms with Crippen molar-refractivity contribution < 1.29 is 0 Å². The second-order valence-corrected chi connectivity index (χ2v) is 6.13. The van der Waals surface area contributed by atoms with Gasteiger partial charge in [0.2, 0.25) is 0 Å². The summed E-state index contributed by atoms with van der Waals surface area (Å²) in [5, 5.41) is 3.51. The number of aromatic nitrogens is 2. The van der Waals surface area contributed by atoms with E-state index in [0.29, 0.717) is 12.1 Å². The molecule has 1 saturated carbocycles. The molecule has 0 bridgehead atoms. The van der Waals surface area contributed by atoms with Gasteiger partial charge in [0.25, 0.3) is 0 Å². The Hall–Kier alpha value is -1.20. The molecule has 0 amide bonds. The van der Waals surface area contributed by atoms with Crippen molar-refractivity contribution in [2.45, 2.75) is 51.7 Å². The maximum Gasteiger partial charge on any atom is 0.147 e. The summed E-state index contributed by atoms with van der Waals surface area (Å²) in [6, 6.07) is 1.38. The molecule has 0 spiro atoms. The zero-order valence-corrected chi connectivity index (χ0v) is 13.3. The van der Waals surface area contributed by atoms with E-state index in [2.05, 4.69) is 33.9 Å². The van der Waals surface area contributed by atoms with Crippen molar-refractivity contribution in [2.24, 2.45) is 0 Å². The highest BCUT2D eigenvalue weighted by Gasteiger charge is 2.27. The molecule has 2 fully saturated rings. The van der Waals surface area contributed by atoms with Crippen LogP contribution in [0.5, 0.6) is 0 Å². The smallest absolute Gasteiger partial charge is 0.147 e. The maximum absolute atomic E-state index is 4.78. The standard InChI is InChI=1S/C16H27N5/c1-3-20(4-2)15-7-8-21(12-15)16-11-17-9-14(19-16)10-18-13-5-6-13/h9,11,13,15,18H,3-8,10,12H2,1-2H3. The molecule has 3 rings (SSSR count). The molecule has 0 radical (unpaired) electrons. The van der Waals surface area contributed by atoms with Crippen LogP contribution in [-0.4, -0.2) is 53.1 Å². The average molecular weight is 289 g/mol. The van der Waals surface area contributed by atoms with Crippen LogP contribution in [0.1, 0.15) is 38.8 Å². The van der Waals surface area contributed by atoms with Crippen LogP contribution in [0.3, 0.4) is 0 Å². The van der Waals surface area contributed by atoms with E-state index in [4.69, 9.17) is 4.98 Å². The summed E-state index contributed by atoms with van der Waals surface area (Å²) in [6.45, 7) is 9.77. The van der Waals surface area contributed by atoms with Crippen molar-refractivity contribution in [3.05, 3.63) is 18.1 Å². The summed E-state index contributed by atoms with van der Waals surface area (Å²) >= 11 is 0. The van der Waals surface area contributed by atoms with Crippen LogP contribution in [0.4, 0.5) is 5.82 Å². The second-order valence-electron chi connectivity index (χ2n) is 6.13. The minimum Gasteiger partial charge on any atom is -0.354 e. The second kappa shape index (κ2) is 6.71. The summed E-state index contributed by atoms with van der Waals surface area (Å²) in [7, 11) is 0. The van der Waals surface area contributed by atoms with Crippen molar-refractivity contribution in [3.63, 3.8) is 0 Å². The lowest BCUT2D eigenvalue weighted by Gasteiger charge is -2.26. The number of likely N-dealkylation sites (N-methyl/N-ethyl adjacent to an activating group) is 1. The maximum atomic E-state index is 4.78. The zero-order chi connectivity index (χ0) is 14.7. The molecule has 1 atom stereocenters. The number of nitrogens with zero attached hydrogens (tertiary/aromatic N) is 4. The Morgan fingerprint density at radius 2 is 2.05 bits per heavy atom. The minimum absolute atomic E-state index is 0.662. The molecule has 1 unspecified atom stereocenters. The van der Waals surface area contributed by atoms with Crippen molar-refractivity contribution in [3.8, 4) is 0 Å². The molecule has 5 heteroatoms. The SMILES string of the molecule is CCN(CC)C1CCN(c2cncc(CNC3CC3)n2)C1. The normalized spacial score (nSPS) is 22.2. The van der Waals surface area contributed by atoms with Crippen LogP contribution in [0, 0.1) is 0 Å². The molecule has 2 heterocycles. The monoisotopic (exact) mass is 289 g/mol. The Kier molecular flexibility index (Phi) is 4.70. The van der Waals surface area contributed by atoms with Crippen LogP contribution in [0.15, 0.2) is 12.4 Å². The lowest BCUT2D eigenvalue weighted by molar-refractivity contribution is 0.232. The molecule has 1 aliphatic heterocycles. The molecular weight excluding hydrogens is 262 g/mol. The van der Waals surface area contributed by atoms with Crippen LogP contribution >= 0.6 is 0 Å². The van der Waals surface area contributed by atoms with E-state index in [1.807, 2.05) is 12.4 Å². The Morgan fingerprint density at radius 1 is 1.24 bits per heavy atom. The number of hydrogen-bond acceptors (Lipinski definition) is 5. The van der Waals surface area contributed by atoms with E-state index in [9.17, 15) is 0 Å². The number of anilines is 1. The topological polar surface area (TPSA) is 44.3 Å². The molecule has 1 N–H and O–H groups in total. The van der Waals surface area contributed by atoms with Crippen LogP contribution in [0.2, 0.25) is 0 Å². The first-order valence-corrected chi connectivity index (χ1v) is 8.33. The highest BCUT2D eigenvalue weighted by Crippen LogP contribution is 2.22. The van der Waals surface area contributed by atoms with E-state index in [-0.39, 0.29) is 0 Å². The average Bonchev–Trinajstić information content (AvgIpc) is 3.23. The van der Waals surface area contributed by atoms with E-state index in [1.165, 1.54) is 19.3 Å². The molecule has 1 aromatic rings. The molecule has 5 nitrogen and oxygen atoms in total. The molecule has 116 valence electrons. The van der Waals surface area contributed by atoms with Gasteiger partial charge < -0.3 is 10.2 Å². The molecule has 1 saturated heterocycles. The van der Waals surface area contributed by atoms with Gasteiger partial charge in [0, 0.05) is 37.9 Å². The first-order chi connectivity index (χ1) is 10.3. The van der Waals surface area contributed by atoms with E-state index in [1.54, 1.807) is 0 Å². The lowest BCUT2D eigenvalue weighted by Crippen LogP contribution is -2.37. The molecular formula is C16H27N5. The van der Waals surface area contributed by atoms with Gasteiger partial charge in [0.15, 0.2) is 0 Å². The summed E-state index contributed by atoms with van der Waals surface area (Å²) in [5.74, 6) is 1.04. The predicted molar refractivity (Wildman–Crippen MR) is 85.4 cm³/mol. The lowest BCUT2D eigenvalue weighted by atomic mass is 10.2. The third kappa shape index (κ3) is 3.71. The van der Waals surface area contributed by atoms with Gasteiger partial charge in [-0.05, 0) is 32.4 Å². The van der Waals surface area contributed by atoms with Gasteiger partial charge in [-0.2, -0.15) is 0 Å². The van der Waals surface area contributed by atoms with Crippen molar-refractivity contribution >= 4 is 5.82 Å². The van der Waals surface area contributed by atoms with E-state index >= 15 is 0 Å². The summed E-state index contributed by atoms with van der Waals surface area (Å²) in [5.41, 5.74) is 1.06. The van der Waals surface area contributed by atoms with Gasteiger partial charge in [0.1, 0.15) is 5.82 Å². The fourth-order valence-electron chi connectivity index (χ4n) is 3.16. The van der Waals surface area contributed by atoms with Crippen LogP contribution < -0.4 is 10.2 Å². The van der Waals surface area contributed by atoms with Gasteiger partial charge >= 0.3 is 0 Å². The molecule has 2 aliphatic rings. The zero-order valence-electron chi connectivity index (χ0n) is 13.3. The van der Waals surface area contributed by atoms with Gasteiger partial charge in [-0.15, -0.1) is 0 Å². The fraction of sp³-hybridized carbons (Fsp3) is 0.750. The van der Waals surface area contributed by atoms with E-state index in [0.717, 1.165) is 44.2 Å². The van der Waals surface area contributed by atoms with Gasteiger partial charge in [-0.1, -0.05) is 13.8 Å². The van der Waals surface area contributed by atoms with Gasteiger partial charge in [-0.3, -0.25) is 9.88 Å². The molecule has 0 aromatic carbocycles. The third-order valence-corrected chi connectivity index (χ3v) is 4.64. The minimum atomic E-state index is 0.662. The fourth-order valence-corrected chi connectivity index (χ4v) is 3.16. The Morgan fingerprint density at radius 3 is 2.76 bits per heavy atom. The largest absolute Gasteiger partial charge is 0.354 e. The van der Waals surface area contributed by atoms with Crippen molar-refractivity contribution in [2.75, 3.05) is 31.1 Å². The number of nitrogens with one attached hydrogen (secondary N) is 1. The predicted octanol–water partition coefficient (Wildman–Crippen LogP) is 1.65. The third-order valence-electron chi connectivity index (χ3n) is 4.64. The van der Waals surface area contributed by atoms with E-state index < -0.39 is 0 Å². The molecule has 21 heavy (non-hydrogen) atoms. The first-order valence-electron chi connectivity index (χ1n) is 8.33. The highest BCUT2D eigenvalue weighted by molar-refractivity contribution is 5.38. The first kappa shape index (κ1) is 14.7. The van der Waals surface area contributed by atoms with Crippen molar-refractivity contribution in [1.82, 2.24) is 20.2 Å². The summed E-state index contributed by atoms with van der Waals surface area (Å²) in [6.07, 6.45) is 7.64. The van der Waals surface area contributed by atoms with Crippen molar-refractivity contribution in [1.29, 1.82) is 0 Å². The van der Waals surface area contributed by atoms with Gasteiger partial charge in [-0.25, -0.2) is 4.98 Å². The highest BCUT2D eigenvalue weighted by atomic mass is 15.3. The van der Waals surface area contributed by atoms with Crippen LogP contribution in [-0.2, 0) is 6.54 Å². The summed E-state index contributed by atoms with van der Waals surface area (Å²) < 4.78 is 0. The van der Waals surface area contributed by atoms with Crippen LogP contribution in [0.25, 0.3) is 0 Å². The number of hydrogen-bond donors (Lipinski definition) is 1. The number of rotatable bonds is 7. The Labute approximate surface area is 127 Å². The molecule has 1 aliphatic carbocycles. The Bertz CT molecular complexity index is 456. The summed E-state index contributed by atoms with van der Waals surface area (Å²) in [4.78, 5) is 14.1.